The Morgan fingerprint density at radius 3 is 1.85 bits per heavy atom. The highest BCUT2D eigenvalue weighted by atomic mass is 16.3. The molecule has 1 aliphatic carbocycles. The first-order valence-electron chi connectivity index (χ1n) is 22.6. The van der Waals surface area contributed by atoms with Crippen LogP contribution in [0.5, 0.6) is 0 Å². The van der Waals surface area contributed by atoms with Crippen molar-refractivity contribution < 1.29 is 4.42 Å². The van der Waals surface area contributed by atoms with Crippen LogP contribution in [-0.2, 0) is 5.41 Å². The van der Waals surface area contributed by atoms with Gasteiger partial charge in [0.2, 0.25) is 0 Å². The number of nitrogens with zero attached hydrogens (tertiary/aromatic N) is 1. The zero-order valence-electron chi connectivity index (χ0n) is 36.2. The second kappa shape index (κ2) is 14.4. The molecule has 1 aromatic heterocycles. The van der Waals surface area contributed by atoms with Gasteiger partial charge in [0.05, 0.1) is 5.69 Å². The van der Waals surface area contributed by atoms with Gasteiger partial charge < -0.3 is 9.32 Å². The SMILES string of the molecule is CC1(C)c2ccccc2-c2ccc(N(c3ccc(-c4ccc5c(ccc6ccccc65)c4)cc3)c3cccc(-c4ccc5oc6ccccc6c5c4)c3-c3ccc4ccccc4c3)cc21. The molecule has 0 bridgehead atoms. The topological polar surface area (TPSA) is 16.4 Å². The molecule has 0 fully saturated rings. The van der Waals surface area contributed by atoms with Gasteiger partial charge in [0.25, 0.3) is 0 Å². The summed E-state index contributed by atoms with van der Waals surface area (Å²) in [6.07, 6.45) is 0. The number of rotatable bonds is 6. The van der Waals surface area contributed by atoms with E-state index in [0.29, 0.717) is 0 Å². The molecule has 11 aromatic carbocycles. The molecule has 0 amide bonds. The molecule has 65 heavy (non-hydrogen) atoms. The maximum absolute atomic E-state index is 6.33. The Kier molecular flexibility index (Phi) is 8.29. The number of para-hydroxylation sites is 1. The molecule has 0 saturated carbocycles. The second-order valence-corrected chi connectivity index (χ2v) is 18.1. The van der Waals surface area contributed by atoms with Gasteiger partial charge in [0.1, 0.15) is 11.2 Å². The lowest BCUT2D eigenvalue weighted by molar-refractivity contribution is 0.660. The summed E-state index contributed by atoms with van der Waals surface area (Å²) in [6, 6.07) is 82.6. The fourth-order valence-corrected chi connectivity index (χ4v) is 10.8. The average Bonchev–Trinajstić information content (AvgIpc) is 3.84. The van der Waals surface area contributed by atoms with E-state index >= 15 is 0 Å². The van der Waals surface area contributed by atoms with Gasteiger partial charge in [-0.25, -0.2) is 0 Å². The normalized spacial score (nSPS) is 12.9. The van der Waals surface area contributed by atoms with Gasteiger partial charge in [-0.3, -0.25) is 0 Å². The first kappa shape index (κ1) is 37.4. The van der Waals surface area contributed by atoms with E-state index < -0.39 is 0 Å². The summed E-state index contributed by atoms with van der Waals surface area (Å²) >= 11 is 0. The zero-order valence-corrected chi connectivity index (χ0v) is 36.2. The fraction of sp³-hybridized carbons (Fsp3) is 0.0476. The lowest BCUT2D eigenvalue weighted by Gasteiger charge is -2.31. The number of hydrogen-bond acceptors (Lipinski definition) is 2. The van der Waals surface area contributed by atoms with Crippen LogP contribution in [0.3, 0.4) is 0 Å². The van der Waals surface area contributed by atoms with Gasteiger partial charge in [-0.15, -0.1) is 0 Å². The van der Waals surface area contributed by atoms with Crippen LogP contribution in [0, 0.1) is 0 Å². The summed E-state index contributed by atoms with van der Waals surface area (Å²) in [7, 11) is 0. The van der Waals surface area contributed by atoms with Crippen LogP contribution < -0.4 is 4.90 Å². The highest BCUT2D eigenvalue weighted by Crippen LogP contribution is 2.52. The molecule has 13 rings (SSSR count). The summed E-state index contributed by atoms with van der Waals surface area (Å²) in [5.74, 6) is 0. The van der Waals surface area contributed by atoms with Crippen LogP contribution in [0.1, 0.15) is 25.0 Å². The minimum absolute atomic E-state index is 0.162. The van der Waals surface area contributed by atoms with Gasteiger partial charge in [-0.05, 0) is 143 Å². The van der Waals surface area contributed by atoms with E-state index in [1.54, 1.807) is 0 Å². The third-order valence-corrected chi connectivity index (χ3v) is 14.0. The van der Waals surface area contributed by atoms with Crippen molar-refractivity contribution >= 4 is 71.3 Å². The molecular formula is C63H43NO. The number of hydrogen-bond donors (Lipinski definition) is 0. The van der Waals surface area contributed by atoms with Crippen molar-refractivity contribution in [3.63, 3.8) is 0 Å². The highest BCUT2D eigenvalue weighted by Gasteiger charge is 2.36. The maximum atomic E-state index is 6.33. The summed E-state index contributed by atoms with van der Waals surface area (Å²) in [4.78, 5) is 2.48. The molecule has 2 heteroatoms. The van der Waals surface area contributed by atoms with E-state index in [2.05, 4.69) is 237 Å². The maximum Gasteiger partial charge on any atom is 0.135 e. The van der Waals surface area contributed by atoms with Crippen LogP contribution in [0.25, 0.3) is 98.8 Å². The molecule has 0 radical (unpaired) electrons. The van der Waals surface area contributed by atoms with Crippen molar-refractivity contribution in [2.75, 3.05) is 4.90 Å². The molecule has 0 atom stereocenters. The largest absolute Gasteiger partial charge is 0.456 e. The summed E-state index contributed by atoms with van der Waals surface area (Å²) < 4.78 is 6.33. The molecule has 1 heterocycles. The Labute approximate surface area is 378 Å². The van der Waals surface area contributed by atoms with Gasteiger partial charge in [0.15, 0.2) is 0 Å². The first-order chi connectivity index (χ1) is 32.0. The first-order valence-corrected chi connectivity index (χ1v) is 22.6. The third kappa shape index (κ3) is 5.95. The smallest absolute Gasteiger partial charge is 0.135 e. The standard InChI is InChI=1S/C63H43NO/c1-63(2)57-19-9-7-16-53(57)54-34-32-49(39-58(54)63)64(48-30-26-41(27-31-48)44-28-33-51-45(36-44)24-23-42-13-5-6-15-50(42)51)59-20-11-18-52(62(59)47-25-22-40-12-3-4-14-43(40)37-47)46-29-35-61-56(38-46)55-17-8-10-21-60(55)65-61/h3-39H,1-2H3. The van der Waals surface area contributed by atoms with E-state index in [1.807, 2.05) is 6.07 Å². The van der Waals surface area contributed by atoms with Gasteiger partial charge in [-0.1, -0.05) is 178 Å². The predicted molar refractivity (Wildman–Crippen MR) is 275 cm³/mol. The van der Waals surface area contributed by atoms with Crippen LogP contribution in [0.4, 0.5) is 17.1 Å². The Hall–Kier alpha value is -8.20. The van der Waals surface area contributed by atoms with Crippen molar-refractivity contribution in [1.82, 2.24) is 0 Å². The Morgan fingerprint density at radius 2 is 0.954 bits per heavy atom. The number of anilines is 3. The van der Waals surface area contributed by atoms with Crippen molar-refractivity contribution in [2.24, 2.45) is 0 Å². The highest BCUT2D eigenvalue weighted by molar-refractivity contribution is 6.09. The molecular weight excluding hydrogens is 787 g/mol. The molecule has 0 aliphatic heterocycles. The van der Waals surface area contributed by atoms with Crippen molar-refractivity contribution in [1.29, 1.82) is 0 Å². The summed E-state index contributed by atoms with van der Waals surface area (Å²) in [6.45, 7) is 4.73. The summed E-state index contributed by atoms with van der Waals surface area (Å²) in [5.41, 5.74) is 17.3. The molecule has 0 unspecified atom stereocenters. The third-order valence-electron chi connectivity index (χ3n) is 14.0. The van der Waals surface area contributed by atoms with Gasteiger partial charge in [-0.2, -0.15) is 0 Å². The molecule has 0 saturated heterocycles. The minimum Gasteiger partial charge on any atom is -0.456 e. The molecule has 2 nitrogen and oxygen atoms in total. The van der Waals surface area contributed by atoms with Crippen molar-refractivity contribution in [2.45, 2.75) is 19.3 Å². The van der Waals surface area contributed by atoms with E-state index in [9.17, 15) is 0 Å². The van der Waals surface area contributed by atoms with Crippen LogP contribution in [-0.4, -0.2) is 0 Å². The zero-order chi connectivity index (χ0) is 43.2. The molecule has 1 aliphatic rings. The number of furan rings is 1. The minimum atomic E-state index is -0.162. The molecule has 0 N–H and O–H groups in total. The van der Waals surface area contributed by atoms with Crippen molar-refractivity contribution in [3.05, 3.63) is 236 Å². The fourth-order valence-electron chi connectivity index (χ4n) is 10.8. The monoisotopic (exact) mass is 829 g/mol. The average molecular weight is 830 g/mol. The van der Waals surface area contributed by atoms with E-state index in [-0.39, 0.29) is 5.41 Å². The van der Waals surface area contributed by atoms with Gasteiger partial charge >= 0.3 is 0 Å². The quantitative estimate of drug-likeness (QED) is 0.155. The lowest BCUT2D eigenvalue weighted by atomic mass is 9.82. The van der Waals surface area contributed by atoms with Crippen LogP contribution in [0.2, 0.25) is 0 Å². The Morgan fingerprint density at radius 1 is 0.338 bits per heavy atom. The number of benzene rings is 11. The van der Waals surface area contributed by atoms with Crippen LogP contribution in [0.15, 0.2) is 229 Å². The molecule has 306 valence electrons. The van der Waals surface area contributed by atoms with E-state index in [0.717, 1.165) is 55.7 Å². The Bertz CT molecular complexity index is 3870. The Balaban J connectivity index is 1.03. The van der Waals surface area contributed by atoms with E-state index in [1.165, 1.54) is 71.3 Å². The molecule has 0 spiro atoms. The predicted octanol–water partition coefficient (Wildman–Crippen LogP) is 17.8. The van der Waals surface area contributed by atoms with E-state index in [4.69, 9.17) is 4.42 Å². The van der Waals surface area contributed by atoms with Crippen LogP contribution >= 0.6 is 0 Å². The molecule has 12 aromatic rings. The van der Waals surface area contributed by atoms with Gasteiger partial charge in [0, 0.05) is 33.1 Å². The number of fused-ring (bicyclic) bond motifs is 10. The summed E-state index contributed by atoms with van der Waals surface area (Å²) in [5, 5.41) is 9.72. The lowest BCUT2D eigenvalue weighted by Crippen LogP contribution is -2.17. The van der Waals surface area contributed by atoms with Crippen molar-refractivity contribution in [3.8, 4) is 44.5 Å². The second-order valence-electron chi connectivity index (χ2n) is 18.1.